The summed E-state index contributed by atoms with van der Waals surface area (Å²) < 4.78 is 6.16. The molecular formula is C32H35N3O2. The van der Waals surface area contributed by atoms with Gasteiger partial charge in [-0.1, -0.05) is 54.6 Å². The van der Waals surface area contributed by atoms with E-state index < -0.39 is 0 Å². The van der Waals surface area contributed by atoms with Gasteiger partial charge >= 0.3 is 0 Å². The zero-order chi connectivity index (χ0) is 25.6. The van der Waals surface area contributed by atoms with Crippen molar-refractivity contribution in [3.05, 3.63) is 96.2 Å². The van der Waals surface area contributed by atoms with Crippen LogP contribution in [0.5, 0.6) is 5.75 Å². The molecule has 5 heteroatoms. The third kappa shape index (κ3) is 6.17. The molecule has 4 aromatic rings. The summed E-state index contributed by atoms with van der Waals surface area (Å²) in [6.45, 7) is 7.33. The second kappa shape index (κ2) is 11.6. The first-order valence-corrected chi connectivity index (χ1v) is 13.2. The van der Waals surface area contributed by atoms with Crippen LogP contribution in [0.3, 0.4) is 0 Å². The fourth-order valence-electron chi connectivity index (χ4n) is 5.33. The highest BCUT2D eigenvalue weighted by atomic mass is 16.5. The van der Waals surface area contributed by atoms with E-state index in [1.807, 2.05) is 61.5 Å². The van der Waals surface area contributed by atoms with Gasteiger partial charge in [0.05, 0.1) is 16.9 Å². The molecule has 5 rings (SSSR count). The number of aromatic nitrogens is 1. The zero-order valence-corrected chi connectivity index (χ0v) is 21.8. The molecule has 0 radical (unpaired) electrons. The van der Waals surface area contributed by atoms with E-state index in [0.29, 0.717) is 6.61 Å². The summed E-state index contributed by atoms with van der Waals surface area (Å²) in [6.07, 6.45) is 3.64. The number of fused-ring (bicyclic) bond motifs is 1. The quantitative estimate of drug-likeness (QED) is 0.279. The number of amides is 1. The number of nitrogens with zero attached hydrogens (tertiary/aromatic N) is 3. The van der Waals surface area contributed by atoms with Gasteiger partial charge in [-0.3, -0.25) is 19.6 Å². The summed E-state index contributed by atoms with van der Waals surface area (Å²) in [6, 6.07) is 28.6. The fourth-order valence-corrected chi connectivity index (χ4v) is 5.33. The van der Waals surface area contributed by atoms with E-state index in [9.17, 15) is 4.79 Å². The van der Waals surface area contributed by atoms with Crippen molar-refractivity contribution in [3.8, 4) is 5.75 Å². The number of pyridine rings is 1. The highest BCUT2D eigenvalue weighted by molar-refractivity contribution is 6.06. The number of aryl methyl sites for hydroxylation is 1. The zero-order valence-electron chi connectivity index (χ0n) is 21.8. The Kier molecular flexibility index (Phi) is 7.81. The number of hydrogen-bond donors (Lipinski definition) is 0. The van der Waals surface area contributed by atoms with Crippen LogP contribution in [0.4, 0.5) is 11.4 Å². The van der Waals surface area contributed by atoms with E-state index in [2.05, 4.69) is 40.2 Å². The number of para-hydroxylation sites is 1. The van der Waals surface area contributed by atoms with E-state index >= 15 is 0 Å². The maximum absolute atomic E-state index is 12.8. The number of hydrogen-bond acceptors (Lipinski definition) is 4. The average Bonchev–Trinajstić information content (AvgIpc) is 2.90. The van der Waals surface area contributed by atoms with Crippen LogP contribution in [0.1, 0.15) is 31.0 Å². The van der Waals surface area contributed by atoms with Crippen molar-refractivity contribution < 1.29 is 9.53 Å². The molecule has 1 aliphatic rings. The van der Waals surface area contributed by atoms with Gasteiger partial charge in [0.1, 0.15) is 12.4 Å². The van der Waals surface area contributed by atoms with Gasteiger partial charge in [0.2, 0.25) is 5.91 Å². The largest absolute Gasteiger partial charge is 0.492 e. The Morgan fingerprint density at radius 2 is 1.73 bits per heavy atom. The molecule has 2 heterocycles. The minimum Gasteiger partial charge on any atom is -0.492 e. The lowest BCUT2D eigenvalue weighted by Crippen LogP contribution is -2.37. The average molecular weight is 494 g/mol. The molecule has 1 saturated heterocycles. The molecule has 0 saturated carbocycles. The van der Waals surface area contributed by atoms with Crippen LogP contribution in [-0.4, -0.2) is 42.0 Å². The highest BCUT2D eigenvalue weighted by Gasteiger charge is 2.20. The molecule has 1 aliphatic heterocycles. The molecule has 190 valence electrons. The number of likely N-dealkylation sites (tertiary alicyclic amines) is 1. The molecule has 0 unspecified atom stereocenters. The molecule has 1 amide bonds. The van der Waals surface area contributed by atoms with Crippen molar-refractivity contribution in [1.29, 1.82) is 0 Å². The van der Waals surface area contributed by atoms with Crippen molar-refractivity contribution >= 4 is 28.2 Å². The van der Waals surface area contributed by atoms with Crippen molar-refractivity contribution in [2.24, 2.45) is 5.92 Å². The fraction of sp³-hybridized carbons (Fsp3) is 0.312. The van der Waals surface area contributed by atoms with Gasteiger partial charge in [-0.25, -0.2) is 0 Å². The first kappa shape index (κ1) is 25.0. The molecule has 0 spiro atoms. The van der Waals surface area contributed by atoms with Gasteiger partial charge in [0.15, 0.2) is 0 Å². The SMILES string of the molecule is CC(=O)N(c1cccc(OCCN2CCC(Cc3ccccc3)CC2)c1)c1cc(C)nc2ccccc12. The molecule has 0 bridgehead atoms. The molecule has 0 atom stereocenters. The molecule has 0 N–H and O–H groups in total. The number of carbonyl (C=O) groups is 1. The molecule has 0 aliphatic carbocycles. The van der Waals surface area contributed by atoms with E-state index in [1.54, 1.807) is 11.8 Å². The van der Waals surface area contributed by atoms with Gasteiger partial charge in [0, 0.05) is 30.6 Å². The van der Waals surface area contributed by atoms with Crippen LogP contribution < -0.4 is 9.64 Å². The van der Waals surface area contributed by atoms with E-state index in [1.165, 1.54) is 24.8 Å². The van der Waals surface area contributed by atoms with Gasteiger partial charge in [0.25, 0.3) is 0 Å². The summed E-state index contributed by atoms with van der Waals surface area (Å²) in [5.41, 5.74) is 4.83. The predicted octanol–water partition coefficient (Wildman–Crippen LogP) is 6.56. The molecule has 3 aromatic carbocycles. The minimum absolute atomic E-state index is 0.0497. The van der Waals surface area contributed by atoms with Gasteiger partial charge in [-0.2, -0.15) is 0 Å². The second-order valence-electron chi connectivity index (χ2n) is 9.97. The number of rotatable bonds is 8. The maximum atomic E-state index is 12.8. The predicted molar refractivity (Wildman–Crippen MR) is 151 cm³/mol. The standard InChI is InChI=1S/C32H35N3O2/c1-24-21-32(30-13-6-7-14-31(30)33-24)35(25(2)36)28-11-8-12-29(23-28)37-20-19-34-17-15-27(16-18-34)22-26-9-4-3-5-10-26/h3-14,21,23,27H,15-20,22H2,1-2H3. The number of ether oxygens (including phenoxy) is 1. The molecule has 37 heavy (non-hydrogen) atoms. The minimum atomic E-state index is -0.0497. The smallest absolute Gasteiger partial charge is 0.228 e. The normalized spacial score (nSPS) is 14.5. The third-order valence-electron chi connectivity index (χ3n) is 7.20. The highest BCUT2D eigenvalue weighted by Crippen LogP contribution is 2.34. The Morgan fingerprint density at radius 1 is 0.973 bits per heavy atom. The lowest BCUT2D eigenvalue weighted by atomic mass is 9.90. The van der Waals surface area contributed by atoms with Crippen LogP contribution in [0.25, 0.3) is 10.9 Å². The topological polar surface area (TPSA) is 45.7 Å². The van der Waals surface area contributed by atoms with Gasteiger partial charge in [-0.05, 0) is 75.0 Å². The van der Waals surface area contributed by atoms with Crippen LogP contribution in [0.15, 0.2) is 84.9 Å². The Balaban J connectivity index is 1.21. The van der Waals surface area contributed by atoms with Crippen LogP contribution in [0, 0.1) is 12.8 Å². The van der Waals surface area contributed by atoms with Crippen LogP contribution in [0.2, 0.25) is 0 Å². The van der Waals surface area contributed by atoms with Gasteiger partial charge in [-0.15, -0.1) is 0 Å². The lowest BCUT2D eigenvalue weighted by Gasteiger charge is -2.32. The molecule has 5 nitrogen and oxygen atoms in total. The van der Waals surface area contributed by atoms with E-state index in [0.717, 1.165) is 59.3 Å². The van der Waals surface area contributed by atoms with Crippen LogP contribution >= 0.6 is 0 Å². The van der Waals surface area contributed by atoms with E-state index in [4.69, 9.17) is 4.74 Å². The molecule has 1 fully saturated rings. The summed E-state index contributed by atoms with van der Waals surface area (Å²) in [5, 5.41) is 0.949. The van der Waals surface area contributed by atoms with Gasteiger partial charge < -0.3 is 4.74 Å². The third-order valence-corrected chi connectivity index (χ3v) is 7.20. The summed E-state index contributed by atoms with van der Waals surface area (Å²) in [7, 11) is 0. The number of benzene rings is 3. The first-order chi connectivity index (χ1) is 18.1. The Labute approximate surface area is 219 Å². The second-order valence-corrected chi connectivity index (χ2v) is 9.97. The van der Waals surface area contributed by atoms with Crippen LogP contribution in [-0.2, 0) is 11.2 Å². The van der Waals surface area contributed by atoms with Crippen molar-refractivity contribution in [1.82, 2.24) is 9.88 Å². The van der Waals surface area contributed by atoms with E-state index in [-0.39, 0.29) is 5.91 Å². The first-order valence-electron chi connectivity index (χ1n) is 13.2. The summed E-state index contributed by atoms with van der Waals surface area (Å²) in [4.78, 5) is 21.7. The van der Waals surface area contributed by atoms with Crippen molar-refractivity contribution in [2.75, 3.05) is 31.1 Å². The Morgan fingerprint density at radius 3 is 2.51 bits per heavy atom. The molecule has 1 aromatic heterocycles. The van der Waals surface area contributed by atoms with Crippen molar-refractivity contribution in [2.45, 2.75) is 33.1 Å². The Bertz CT molecular complexity index is 1350. The lowest BCUT2D eigenvalue weighted by molar-refractivity contribution is -0.115. The summed E-state index contributed by atoms with van der Waals surface area (Å²) in [5.74, 6) is 1.49. The molecular weight excluding hydrogens is 458 g/mol. The monoisotopic (exact) mass is 493 g/mol. The number of carbonyl (C=O) groups excluding carboxylic acids is 1. The summed E-state index contributed by atoms with van der Waals surface area (Å²) >= 11 is 0. The Hall–Kier alpha value is -3.70. The maximum Gasteiger partial charge on any atom is 0.228 e. The van der Waals surface area contributed by atoms with Crippen molar-refractivity contribution in [3.63, 3.8) is 0 Å². The number of piperidine rings is 1. The number of anilines is 2.